The molecule has 2 aliphatic rings. The fourth-order valence-corrected chi connectivity index (χ4v) is 6.68. The van der Waals surface area contributed by atoms with Crippen molar-refractivity contribution in [1.82, 2.24) is 0 Å². The van der Waals surface area contributed by atoms with Gasteiger partial charge in [0.25, 0.3) is 11.4 Å². The van der Waals surface area contributed by atoms with E-state index in [2.05, 4.69) is 0 Å². The highest BCUT2D eigenvalue weighted by molar-refractivity contribution is 6.33. The topological polar surface area (TPSA) is 102 Å². The first-order chi connectivity index (χ1) is 21.6. The summed E-state index contributed by atoms with van der Waals surface area (Å²) in [5.74, 6) is -1.57. The van der Waals surface area contributed by atoms with Crippen LogP contribution in [-0.2, 0) is 4.74 Å². The summed E-state index contributed by atoms with van der Waals surface area (Å²) < 4.78 is 37.9. The Balaban J connectivity index is 1.41. The van der Waals surface area contributed by atoms with Crippen molar-refractivity contribution in [3.05, 3.63) is 137 Å². The van der Waals surface area contributed by atoms with Gasteiger partial charge in [0.1, 0.15) is 21.8 Å². The Bertz CT molecular complexity index is 1690. The molecule has 0 amide bonds. The van der Waals surface area contributed by atoms with Crippen LogP contribution in [0.5, 0.6) is 0 Å². The molecule has 3 unspecified atom stereocenters. The van der Waals surface area contributed by atoms with E-state index in [1.807, 2.05) is 30.3 Å². The molecule has 6 rings (SSSR count). The molecule has 0 spiro atoms. The van der Waals surface area contributed by atoms with Crippen LogP contribution in [0.25, 0.3) is 0 Å². The Morgan fingerprint density at radius 1 is 0.756 bits per heavy atom. The third-order valence-corrected chi connectivity index (χ3v) is 8.98. The van der Waals surface area contributed by atoms with E-state index in [4.69, 9.17) is 27.9 Å². The third kappa shape index (κ3) is 6.03. The lowest BCUT2D eigenvalue weighted by Gasteiger charge is -2.36. The molecule has 2 heterocycles. The number of anilines is 2. The van der Waals surface area contributed by atoms with Gasteiger partial charge < -0.3 is 14.5 Å². The molecule has 0 radical (unpaired) electrons. The van der Waals surface area contributed by atoms with E-state index in [1.54, 1.807) is 21.9 Å². The van der Waals surface area contributed by atoms with Gasteiger partial charge in [-0.25, -0.2) is 8.78 Å². The number of hydrogen-bond donors (Lipinski definition) is 0. The zero-order valence-electron chi connectivity index (χ0n) is 23.6. The Morgan fingerprint density at radius 3 is 1.80 bits per heavy atom. The van der Waals surface area contributed by atoms with Crippen molar-refractivity contribution in [3.63, 3.8) is 0 Å². The lowest BCUT2D eigenvalue weighted by Crippen LogP contribution is -2.39. The number of ether oxygens (including phenoxy) is 1. The number of nitrogens with zero attached hydrogens (tertiary/aromatic N) is 4. The van der Waals surface area contributed by atoms with Crippen molar-refractivity contribution in [1.29, 1.82) is 0 Å². The van der Waals surface area contributed by atoms with Gasteiger partial charge >= 0.3 is 0 Å². The predicted molar refractivity (Wildman–Crippen MR) is 167 cm³/mol. The maximum Gasteiger partial charge on any atom is 0.288 e. The first-order valence-corrected chi connectivity index (χ1v) is 14.9. The predicted octanol–water partition coefficient (Wildman–Crippen LogP) is 8.75. The van der Waals surface area contributed by atoms with Crippen LogP contribution in [0.3, 0.4) is 0 Å². The normalized spacial score (nSPS) is 20.0. The molecule has 4 aromatic carbocycles. The molecule has 3 atom stereocenters. The molecule has 0 aliphatic carbocycles. The van der Waals surface area contributed by atoms with E-state index >= 15 is 8.78 Å². The molecule has 13 heteroatoms. The second-order valence-corrected chi connectivity index (χ2v) is 11.7. The zero-order chi connectivity index (χ0) is 31.8. The van der Waals surface area contributed by atoms with E-state index in [9.17, 15) is 20.2 Å². The number of benzene rings is 4. The highest BCUT2D eigenvalue weighted by Gasteiger charge is 2.38. The molecule has 2 fully saturated rings. The minimum atomic E-state index is -0.785. The molecule has 2 aliphatic heterocycles. The largest absolute Gasteiger partial charge is 0.370 e. The van der Waals surface area contributed by atoms with Crippen molar-refractivity contribution in [3.8, 4) is 0 Å². The molecule has 232 valence electrons. The summed E-state index contributed by atoms with van der Waals surface area (Å²) in [6.07, 6.45) is 0.507. The monoisotopic (exact) mass is 654 g/mol. The van der Waals surface area contributed by atoms with Crippen LogP contribution >= 0.6 is 23.2 Å². The summed E-state index contributed by atoms with van der Waals surface area (Å²) in [7, 11) is 0. The number of halogens is 4. The van der Waals surface area contributed by atoms with Gasteiger partial charge in [0.2, 0.25) is 0 Å². The van der Waals surface area contributed by atoms with E-state index in [1.165, 1.54) is 36.4 Å². The van der Waals surface area contributed by atoms with Crippen LogP contribution in [-0.4, -0.2) is 29.5 Å². The summed E-state index contributed by atoms with van der Waals surface area (Å²) in [4.78, 5) is 25.5. The van der Waals surface area contributed by atoms with Crippen molar-refractivity contribution < 1.29 is 23.4 Å². The Kier molecular flexibility index (Phi) is 8.59. The van der Waals surface area contributed by atoms with Gasteiger partial charge in [0.05, 0.1) is 28.5 Å². The summed E-state index contributed by atoms with van der Waals surface area (Å²) in [5.41, 5.74) is 1.34. The summed E-state index contributed by atoms with van der Waals surface area (Å²) >= 11 is 12.2. The average molecular weight is 655 g/mol. The molecule has 45 heavy (non-hydrogen) atoms. The van der Waals surface area contributed by atoms with Crippen LogP contribution in [0.1, 0.15) is 47.7 Å². The second-order valence-electron chi connectivity index (χ2n) is 10.9. The number of hydrogen-bond acceptors (Lipinski definition) is 7. The van der Waals surface area contributed by atoms with E-state index in [-0.39, 0.29) is 58.6 Å². The van der Waals surface area contributed by atoms with Gasteiger partial charge in [-0.15, -0.1) is 0 Å². The first kappa shape index (κ1) is 30.7. The molecular weight excluding hydrogens is 629 g/mol. The highest BCUT2D eigenvalue weighted by Crippen LogP contribution is 2.49. The maximum atomic E-state index is 16.0. The SMILES string of the molecule is O=[N+]([O-])c1cc(C2CCC(c3ccc(Cl)c([N+](=O)[O-])c3)N2c2cc(F)c(N3CCOC(c4ccccc4)C3)c(F)c2)ccc1Cl. The number of rotatable bonds is 7. The van der Waals surface area contributed by atoms with Gasteiger partial charge in [-0.1, -0.05) is 65.7 Å². The Hall–Kier alpha value is -4.32. The molecule has 0 bridgehead atoms. The quantitative estimate of drug-likeness (QED) is 0.145. The third-order valence-electron chi connectivity index (χ3n) is 8.34. The number of morpholine rings is 1. The van der Waals surface area contributed by atoms with Crippen molar-refractivity contribution in [2.75, 3.05) is 29.5 Å². The second kappa shape index (κ2) is 12.6. The molecule has 0 saturated carbocycles. The Morgan fingerprint density at radius 2 is 1.29 bits per heavy atom. The van der Waals surface area contributed by atoms with Gasteiger partial charge in [-0.3, -0.25) is 20.2 Å². The van der Waals surface area contributed by atoms with E-state index < -0.39 is 33.6 Å². The maximum absolute atomic E-state index is 16.0. The minimum Gasteiger partial charge on any atom is -0.370 e. The standard InChI is InChI=1S/C32H26Cl2F2N4O5/c33-23-8-6-20(14-29(23)39(41)42)27-10-11-28(21-7-9-24(34)30(15-21)40(43)44)38(27)22-16-25(35)32(26(36)17-22)37-12-13-45-31(18-37)19-4-2-1-3-5-19/h1-9,14-17,27-28,31H,10-13,18H2. The fraction of sp³-hybridized carbons (Fsp3) is 0.250. The van der Waals surface area contributed by atoms with Crippen LogP contribution in [0, 0.1) is 31.9 Å². The summed E-state index contributed by atoms with van der Waals surface area (Å²) in [6, 6.07) is 19.6. The highest BCUT2D eigenvalue weighted by atomic mass is 35.5. The van der Waals surface area contributed by atoms with Gasteiger partial charge in [-0.05, 0) is 53.8 Å². The van der Waals surface area contributed by atoms with Crippen LogP contribution in [0.15, 0.2) is 78.9 Å². The summed E-state index contributed by atoms with van der Waals surface area (Å²) in [5, 5.41) is 23.3. The van der Waals surface area contributed by atoms with Gasteiger partial charge in [-0.2, -0.15) is 0 Å². The summed E-state index contributed by atoms with van der Waals surface area (Å²) in [6.45, 7) is 0.810. The molecule has 4 aromatic rings. The lowest BCUT2D eigenvalue weighted by atomic mass is 10.0. The molecular formula is C32H26Cl2F2N4O5. The fourth-order valence-electron chi connectivity index (χ4n) is 6.30. The zero-order valence-corrected chi connectivity index (χ0v) is 25.1. The van der Waals surface area contributed by atoms with Crippen LogP contribution < -0.4 is 9.80 Å². The smallest absolute Gasteiger partial charge is 0.288 e. The van der Waals surface area contributed by atoms with Gasteiger partial charge in [0, 0.05) is 30.9 Å². The lowest BCUT2D eigenvalue weighted by molar-refractivity contribution is -0.384. The Labute approximate surface area is 266 Å². The number of nitro benzene ring substituents is 2. The van der Waals surface area contributed by atoms with Crippen molar-refractivity contribution in [2.45, 2.75) is 31.0 Å². The molecule has 0 aromatic heterocycles. The number of nitro groups is 2. The van der Waals surface area contributed by atoms with Crippen LogP contribution in [0.4, 0.5) is 31.5 Å². The van der Waals surface area contributed by atoms with Crippen molar-refractivity contribution in [2.24, 2.45) is 0 Å². The molecule has 2 saturated heterocycles. The molecule has 0 N–H and O–H groups in total. The average Bonchev–Trinajstić information content (AvgIpc) is 3.47. The van der Waals surface area contributed by atoms with E-state index in [0.717, 1.165) is 5.56 Å². The van der Waals surface area contributed by atoms with Crippen LogP contribution in [0.2, 0.25) is 10.0 Å². The van der Waals surface area contributed by atoms with Crippen molar-refractivity contribution >= 4 is 46.0 Å². The molecule has 9 nitrogen and oxygen atoms in total. The first-order valence-electron chi connectivity index (χ1n) is 14.2. The van der Waals surface area contributed by atoms with E-state index in [0.29, 0.717) is 24.0 Å². The van der Waals surface area contributed by atoms with Gasteiger partial charge in [0.15, 0.2) is 11.6 Å². The minimum absolute atomic E-state index is 0.0427.